The van der Waals surface area contributed by atoms with Crippen molar-refractivity contribution in [3.05, 3.63) is 70.5 Å². The highest BCUT2D eigenvalue weighted by Gasteiger charge is 2.12. The Morgan fingerprint density at radius 2 is 1.93 bits per heavy atom. The van der Waals surface area contributed by atoms with Crippen molar-refractivity contribution in [3.8, 4) is 23.1 Å². The molecule has 0 bridgehead atoms. The third-order valence-electron chi connectivity index (χ3n) is 4.35. The molecule has 4 aromatic rings. The predicted octanol–water partition coefficient (Wildman–Crippen LogP) is 3.53. The fraction of sp³-hybridized carbons (Fsp3) is 0.150. The zero-order valence-corrected chi connectivity index (χ0v) is 15.2. The molecular weight excluding hydrogens is 344 g/mol. The number of fused-ring (bicyclic) bond motifs is 1. The van der Waals surface area contributed by atoms with Crippen LogP contribution in [0, 0.1) is 13.8 Å². The summed E-state index contributed by atoms with van der Waals surface area (Å²) < 4.78 is 12.8. The number of methoxy groups -OCH3 is 1. The lowest BCUT2D eigenvalue weighted by atomic mass is 10.2. The number of hydrogen-bond donors (Lipinski definition) is 1. The monoisotopic (exact) mass is 362 g/mol. The van der Waals surface area contributed by atoms with Crippen molar-refractivity contribution in [1.82, 2.24) is 19.5 Å². The number of aromatic amines is 1. The van der Waals surface area contributed by atoms with Crippen molar-refractivity contribution in [2.24, 2.45) is 0 Å². The van der Waals surface area contributed by atoms with E-state index in [0.29, 0.717) is 22.8 Å². The van der Waals surface area contributed by atoms with Crippen molar-refractivity contribution in [3.63, 3.8) is 0 Å². The molecule has 0 aliphatic carbocycles. The topological polar surface area (TPSA) is 82.0 Å². The molecule has 0 aliphatic heterocycles. The van der Waals surface area contributed by atoms with Crippen LogP contribution < -0.4 is 15.2 Å². The number of imidazole rings is 1. The van der Waals surface area contributed by atoms with Gasteiger partial charge >= 0.3 is 5.69 Å². The van der Waals surface area contributed by atoms with Gasteiger partial charge in [0.2, 0.25) is 5.88 Å². The van der Waals surface area contributed by atoms with Crippen LogP contribution in [-0.2, 0) is 0 Å². The van der Waals surface area contributed by atoms with E-state index in [2.05, 4.69) is 15.0 Å². The van der Waals surface area contributed by atoms with Crippen molar-refractivity contribution < 1.29 is 9.47 Å². The molecule has 136 valence electrons. The number of H-pyrrole nitrogens is 1. The summed E-state index contributed by atoms with van der Waals surface area (Å²) in [5.41, 5.74) is 3.67. The molecule has 0 fully saturated rings. The number of benzene rings is 1. The van der Waals surface area contributed by atoms with Gasteiger partial charge in [-0.15, -0.1) is 0 Å². The normalized spacial score (nSPS) is 10.9. The number of aryl methyl sites for hydroxylation is 2. The molecule has 0 amide bonds. The van der Waals surface area contributed by atoms with E-state index in [1.165, 1.54) is 0 Å². The summed E-state index contributed by atoms with van der Waals surface area (Å²) in [6.45, 7) is 3.86. The number of hydrogen-bond acceptors (Lipinski definition) is 5. The van der Waals surface area contributed by atoms with Crippen molar-refractivity contribution >= 4 is 11.0 Å². The Morgan fingerprint density at radius 3 is 2.70 bits per heavy atom. The Balaban J connectivity index is 1.71. The van der Waals surface area contributed by atoms with Gasteiger partial charge in [-0.2, -0.15) is 0 Å². The summed E-state index contributed by atoms with van der Waals surface area (Å²) in [5.74, 6) is 1.86. The van der Waals surface area contributed by atoms with Crippen LogP contribution in [-0.4, -0.2) is 26.6 Å². The third kappa shape index (κ3) is 3.03. The molecule has 0 saturated carbocycles. The first-order valence-corrected chi connectivity index (χ1v) is 8.41. The van der Waals surface area contributed by atoms with Gasteiger partial charge in [-0.25, -0.2) is 9.78 Å². The lowest BCUT2D eigenvalue weighted by Gasteiger charge is -2.11. The van der Waals surface area contributed by atoms with E-state index < -0.39 is 0 Å². The Morgan fingerprint density at radius 1 is 1.07 bits per heavy atom. The highest BCUT2D eigenvalue weighted by molar-refractivity contribution is 5.76. The molecular formula is C20H18N4O3. The molecule has 7 nitrogen and oxygen atoms in total. The van der Waals surface area contributed by atoms with E-state index in [1.807, 2.05) is 38.1 Å². The van der Waals surface area contributed by atoms with Gasteiger partial charge in [0.15, 0.2) is 0 Å². The second kappa shape index (κ2) is 6.60. The number of pyridine rings is 2. The van der Waals surface area contributed by atoms with Gasteiger partial charge in [-0.1, -0.05) is 6.07 Å². The molecule has 7 heteroatoms. The van der Waals surface area contributed by atoms with Crippen molar-refractivity contribution in [2.45, 2.75) is 13.8 Å². The van der Waals surface area contributed by atoms with Gasteiger partial charge in [0.25, 0.3) is 0 Å². The Kier molecular flexibility index (Phi) is 4.12. The van der Waals surface area contributed by atoms with Crippen LogP contribution >= 0.6 is 0 Å². The van der Waals surface area contributed by atoms with E-state index in [-0.39, 0.29) is 5.69 Å². The first-order valence-electron chi connectivity index (χ1n) is 8.41. The minimum absolute atomic E-state index is 0.240. The third-order valence-corrected chi connectivity index (χ3v) is 4.35. The average molecular weight is 362 g/mol. The molecule has 1 aromatic carbocycles. The first kappa shape index (κ1) is 16.8. The number of nitrogens with zero attached hydrogens (tertiary/aromatic N) is 3. The van der Waals surface area contributed by atoms with Crippen molar-refractivity contribution in [2.75, 3.05) is 7.11 Å². The fourth-order valence-corrected chi connectivity index (χ4v) is 2.97. The molecule has 1 N–H and O–H groups in total. The van der Waals surface area contributed by atoms with Gasteiger partial charge in [0.1, 0.15) is 11.5 Å². The summed E-state index contributed by atoms with van der Waals surface area (Å²) in [6.07, 6.45) is 4.88. The van der Waals surface area contributed by atoms with Crippen LogP contribution in [0.25, 0.3) is 16.7 Å². The predicted molar refractivity (Wildman–Crippen MR) is 102 cm³/mol. The summed E-state index contributed by atoms with van der Waals surface area (Å²) in [6, 6.07) is 9.26. The maximum absolute atomic E-state index is 12.3. The van der Waals surface area contributed by atoms with Crippen LogP contribution in [0.5, 0.6) is 17.4 Å². The number of aromatic nitrogens is 4. The molecule has 0 saturated heterocycles. The summed E-state index contributed by atoms with van der Waals surface area (Å²) >= 11 is 0. The maximum atomic E-state index is 12.3. The van der Waals surface area contributed by atoms with Crippen LogP contribution in [0.15, 0.2) is 53.7 Å². The number of ether oxygens (including phenoxy) is 2. The van der Waals surface area contributed by atoms with Gasteiger partial charge in [0, 0.05) is 17.8 Å². The highest BCUT2D eigenvalue weighted by Crippen LogP contribution is 2.29. The van der Waals surface area contributed by atoms with E-state index in [1.54, 1.807) is 36.3 Å². The van der Waals surface area contributed by atoms with Crippen LogP contribution in [0.2, 0.25) is 0 Å². The van der Waals surface area contributed by atoms with Gasteiger partial charge in [-0.05, 0) is 37.6 Å². The quantitative estimate of drug-likeness (QED) is 0.601. The largest absolute Gasteiger partial charge is 0.496 e. The highest BCUT2D eigenvalue weighted by atomic mass is 16.5. The van der Waals surface area contributed by atoms with E-state index in [9.17, 15) is 4.79 Å². The lowest BCUT2D eigenvalue weighted by Crippen LogP contribution is -2.15. The summed E-state index contributed by atoms with van der Waals surface area (Å²) in [5, 5.41) is 0. The Hall–Kier alpha value is -3.61. The van der Waals surface area contributed by atoms with Crippen LogP contribution in [0.1, 0.15) is 11.1 Å². The minimum atomic E-state index is -0.240. The van der Waals surface area contributed by atoms with E-state index >= 15 is 0 Å². The number of nitrogens with one attached hydrogen (secondary N) is 1. The van der Waals surface area contributed by atoms with Crippen LogP contribution in [0.3, 0.4) is 0 Å². The summed E-state index contributed by atoms with van der Waals surface area (Å²) in [7, 11) is 1.62. The molecule has 4 rings (SSSR count). The van der Waals surface area contributed by atoms with Gasteiger partial charge < -0.3 is 14.5 Å². The smallest absolute Gasteiger partial charge is 0.331 e. The lowest BCUT2D eigenvalue weighted by molar-refractivity contribution is 0.404. The second-order valence-electron chi connectivity index (χ2n) is 6.21. The average Bonchev–Trinajstić information content (AvgIpc) is 3.00. The van der Waals surface area contributed by atoms with Gasteiger partial charge in [0.05, 0.1) is 36.2 Å². The first-order chi connectivity index (χ1) is 13.1. The number of rotatable bonds is 4. The molecule has 0 unspecified atom stereocenters. The second-order valence-corrected chi connectivity index (χ2v) is 6.21. The van der Waals surface area contributed by atoms with Crippen LogP contribution in [0.4, 0.5) is 0 Å². The fourth-order valence-electron chi connectivity index (χ4n) is 2.97. The molecule has 0 spiro atoms. The zero-order chi connectivity index (χ0) is 19.0. The molecule has 3 heterocycles. The standard InChI is InChI=1S/C20H18N4O3/c1-12-4-5-15(9-18(12)26-3)27-19-13(2)8-14(10-22-19)24-17-6-7-21-11-16(17)23-20(24)25/h4-11H,1-3H3,(H,23,25). The Labute approximate surface area is 155 Å². The molecule has 0 atom stereocenters. The maximum Gasteiger partial charge on any atom is 0.331 e. The van der Waals surface area contributed by atoms with E-state index in [4.69, 9.17) is 9.47 Å². The molecule has 0 aliphatic rings. The molecule has 0 radical (unpaired) electrons. The SMILES string of the molecule is COc1cc(Oc2ncc(-n3c(=O)[nH]c4cnccc43)cc2C)ccc1C. The zero-order valence-electron chi connectivity index (χ0n) is 15.2. The Bertz CT molecular complexity index is 1190. The summed E-state index contributed by atoms with van der Waals surface area (Å²) in [4.78, 5) is 23.6. The molecule has 27 heavy (non-hydrogen) atoms. The van der Waals surface area contributed by atoms with Crippen molar-refractivity contribution in [1.29, 1.82) is 0 Å². The van der Waals surface area contributed by atoms with Gasteiger partial charge in [-0.3, -0.25) is 9.55 Å². The molecule has 3 aromatic heterocycles. The van der Waals surface area contributed by atoms with E-state index in [0.717, 1.165) is 22.4 Å². The minimum Gasteiger partial charge on any atom is -0.496 e.